The van der Waals surface area contributed by atoms with Crippen molar-refractivity contribution >= 4 is 11.5 Å². The Morgan fingerprint density at radius 2 is 1.69 bits per heavy atom. The van der Waals surface area contributed by atoms with Crippen molar-refractivity contribution < 1.29 is 18.0 Å². The number of nitrogens with two attached hydrogens (primary N) is 1. The highest BCUT2D eigenvalue weighted by molar-refractivity contribution is 6.01. The van der Waals surface area contributed by atoms with Gasteiger partial charge in [0.15, 0.2) is 5.78 Å². The lowest BCUT2D eigenvalue weighted by Crippen LogP contribution is -2.39. The minimum absolute atomic E-state index is 0.00624. The summed E-state index contributed by atoms with van der Waals surface area (Å²) >= 11 is 0. The monoisotopic (exact) mass is 395 g/mol. The van der Waals surface area contributed by atoms with Crippen LogP contribution >= 0.6 is 0 Å². The number of ketones is 1. The van der Waals surface area contributed by atoms with Gasteiger partial charge in [0.2, 0.25) is 0 Å². The number of carbonyl (C=O) groups is 1. The summed E-state index contributed by atoms with van der Waals surface area (Å²) in [4.78, 5) is 14.0. The summed E-state index contributed by atoms with van der Waals surface area (Å²) in [7, 11) is 0. The molecule has 0 saturated heterocycles. The number of nitriles is 1. The van der Waals surface area contributed by atoms with Crippen molar-refractivity contribution in [2.24, 2.45) is 5.73 Å². The lowest BCUT2D eigenvalue weighted by atomic mass is 9.75. The number of nitrogens with zero attached hydrogens (tertiary/aromatic N) is 2. The number of carbonyl (C=O) groups excluding carboxylic acids is 1. The standard InChI is InChI=1S/C22H16F3N3O/c23-13-9-7-12(8-10-13)19-14(11-26)22(27)28(17-5-2-6-18(29)20(17)19)21-15(24)3-1-4-16(21)25/h1,3-4,7-10,19H,2,5-6,27H2/t19-/m0/s1. The molecule has 0 aromatic heterocycles. The topological polar surface area (TPSA) is 70.1 Å². The van der Waals surface area contributed by atoms with E-state index in [9.17, 15) is 23.2 Å². The first-order valence-electron chi connectivity index (χ1n) is 9.09. The minimum Gasteiger partial charge on any atom is -0.384 e. The van der Waals surface area contributed by atoms with E-state index in [-0.39, 0.29) is 29.2 Å². The van der Waals surface area contributed by atoms with Gasteiger partial charge in [-0.15, -0.1) is 0 Å². The zero-order valence-corrected chi connectivity index (χ0v) is 15.3. The second-order valence-electron chi connectivity index (χ2n) is 6.94. The molecule has 2 aliphatic rings. The second-order valence-corrected chi connectivity index (χ2v) is 6.94. The molecule has 1 aliphatic carbocycles. The van der Waals surface area contributed by atoms with Crippen LogP contribution in [0.3, 0.4) is 0 Å². The highest BCUT2D eigenvalue weighted by Gasteiger charge is 2.41. The molecule has 146 valence electrons. The predicted molar refractivity (Wildman–Crippen MR) is 101 cm³/mol. The third kappa shape index (κ3) is 2.97. The van der Waals surface area contributed by atoms with Crippen LogP contribution in [0.2, 0.25) is 0 Å². The highest BCUT2D eigenvalue weighted by Crippen LogP contribution is 2.47. The van der Waals surface area contributed by atoms with E-state index in [1.807, 2.05) is 6.07 Å². The van der Waals surface area contributed by atoms with Gasteiger partial charge >= 0.3 is 0 Å². The number of hydrogen-bond acceptors (Lipinski definition) is 4. The lowest BCUT2D eigenvalue weighted by molar-refractivity contribution is -0.116. The maximum atomic E-state index is 14.6. The van der Waals surface area contributed by atoms with E-state index in [1.54, 1.807) is 0 Å². The SMILES string of the molecule is N#CC1=C(N)N(c2c(F)cccc2F)C2=C(C(=O)CCC2)[C@H]1c1ccc(F)cc1. The summed E-state index contributed by atoms with van der Waals surface area (Å²) in [5.74, 6) is -3.33. The molecule has 0 unspecified atom stereocenters. The third-order valence-corrected chi connectivity index (χ3v) is 5.28. The number of anilines is 1. The molecule has 0 fully saturated rings. The Hall–Kier alpha value is -3.53. The van der Waals surface area contributed by atoms with Gasteiger partial charge in [-0.3, -0.25) is 9.69 Å². The third-order valence-electron chi connectivity index (χ3n) is 5.28. The summed E-state index contributed by atoms with van der Waals surface area (Å²) in [6, 6.07) is 10.8. The highest BCUT2D eigenvalue weighted by atomic mass is 19.1. The summed E-state index contributed by atoms with van der Waals surface area (Å²) in [5.41, 5.74) is 6.98. The Morgan fingerprint density at radius 1 is 1.03 bits per heavy atom. The van der Waals surface area contributed by atoms with Crippen LogP contribution in [0.4, 0.5) is 18.9 Å². The van der Waals surface area contributed by atoms with Gasteiger partial charge in [0.05, 0.1) is 17.6 Å². The number of Topliss-reactive ketones (excluding diaryl/α,β-unsaturated/α-hetero) is 1. The molecule has 4 nitrogen and oxygen atoms in total. The maximum Gasteiger partial charge on any atom is 0.161 e. The van der Waals surface area contributed by atoms with Crippen LogP contribution in [0.5, 0.6) is 0 Å². The van der Waals surface area contributed by atoms with Crippen LogP contribution in [-0.2, 0) is 4.79 Å². The Morgan fingerprint density at radius 3 is 2.31 bits per heavy atom. The van der Waals surface area contributed by atoms with E-state index >= 15 is 0 Å². The number of halogens is 3. The van der Waals surface area contributed by atoms with Crippen molar-refractivity contribution in [3.05, 3.63) is 88.1 Å². The van der Waals surface area contributed by atoms with Crippen LogP contribution in [0.15, 0.2) is 65.1 Å². The molecule has 2 aromatic rings. The van der Waals surface area contributed by atoms with Crippen molar-refractivity contribution in [1.82, 2.24) is 0 Å². The molecule has 1 heterocycles. The fraction of sp³-hybridized carbons (Fsp3) is 0.182. The Bertz CT molecular complexity index is 1090. The average Bonchev–Trinajstić information content (AvgIpc) is 2.69. The van der Waals surface area contributed by atoms with Crippen molar-refractivity contribution in [3.63, 3.8) is 0 Å². The van der Waals surface area contributed by atoms with Gasteiger partial charge in [-0.1, -0.05) is 18.2 Å². The fourth-order valence-electron chi connectivity index (χ4n) is 4.03. The molecule has 0 amide bonds. The number of allylic oxidation sites excluding steroid dienone is 3. The normalized spacial score (nSPS) is 19.3. The number of rotatable bonds is 2. The van der Waals surface area contributed by atoms with Crippen molar-refractivity contribution in [2.45, 2.75) is 25.2 Å². The van der Waals surface area contributed by atoms with Crippen LogP contribution in [0.1, 0.15) is 30.7 Å². The Kier molecular flexibility index (Phi) is 4.63. The maximum absolute atomic E-state index is 14.6. The molecule has 2 aromatic carbocycles. The molecule has 7 heteroatoms. The first-order valence-corrected chi connectivity index (χ1v) is 9.09. The van der Waals surface area contributed by atoms with Gasteiger partial charge in [0.1, 0.15) is 29.0 Å². The first-order chi connectivity index (χ1) is 13.9. The van der Waals surface area contributed by atoms with Crippen LogP contribution in [0, 0.1) is 28.8 Å². The second kappa shape index (κ2) is 7.13. The van der Waals surface area contributed by atoms with E-state index in [0.717, 1.165) is 17.0 Å². The smallest absolute Gasteiger partial charge is 0.161 e. The molecule has 1 aliphatic heterocycles. The molecule has 4 rings (SSSR count). The van der Waals surface area contributed by atoms with Gasteiger partial charge in [0, 0.05) is 17.7 Å². The summed E-state index contributed by atoms with van der Waals surface area (Å²) < 4.78 is 42.6. The van der Waals surface area contributed by atoms with Gasteiger partial charge in [-0.2, -0.15) is 5.26 Å². The minimum atomic E-state index is -0.852. The number of hydrogen-bond donors (Lipinski definition) is 1. The molecule has 0 spiro atoms. The van der Waals surface area contributed by atoms with Crippen molar-refractivity contribution in [2.75, 3.05) is 4.90 Å². The van der Waals surface area contributed by atoms with Crippen LogP contribution < -0.4 is 10.6 Å². The van der Waals surface area contributed by atoms with Gasteiger partial charge < -0.3 is 5.73 Å². The van der Waals surface area contributed by atoms with Gasteiger partial charge in [-0.25, -0.2) is 13.2 Å². The van der Waals surface area contributed by atoms with Crippen LogP contribution in [0.25, 0.3) is 0 Å². The molecule has 0 radical (unpaired) electrons. The van der Waals surface area contributed by atoms with Gasteiger partial charge in [0.25, 0.3) is 0 Å². The molecule has 0 bridgehead atoms. The average molecular weight is 395 g/mol. The Balaban J connectivity index is 2.01. The lowest BCUT2D eigenvalue weighted by Gasteiger charge is -2.39. The molecular formula is C22H16F3N3O. The summed E-state index contributed by atoms with van der Waals surface area (Å²) in [6.07, 6.45) is 1.12. The zero-order valence-electron chi connectivity index (χ0n) is 15.3. The van der Waals surface area contributed by atoms with E-state index in [0.29, 0.717) is 24.1 Å². The predicted octanol–water partition coefficient (Wildman–Crippen LogP) is 4.41. The molecular weight excluding hydrogens is 379 g/mol. The number of para-hydroxylation sites is 1. The quantitative estimate of drug-likeness (QED) is 0.818. The van der Waals surface area contributed by atoms with E-state index in [1.165, 1.54) is 30.3 Å². The molecule has 2 N–H and O–H groups in total. The zero-order chi connectivity index (χ0) is 20.7. The number of benzene rings is 2. The molecule has 0 saturated carbocycles. The van der Waals surface area contributed by atoms with E-state index < -0.39 is 29.1 Å². The van der Waals surface area contributed by atoms with Crippen molar-refractivity contribution in [1.29, 1.82) is 5.26 Å². The summed E-state index contributed by atoms with van der Waals surface area (Å²) in [6.45, 7) is 0. The van der Waals surface area contributed by atoms with Gasteiger partial charge in [-0.05, 0) is 42.7 Å². The first kappa shape index (κ1) is 18.8. The molecule has 29 heavy (non-hydrogen) atoms. The fourth-order valence-corrected chi connectivity index (χ4v) is 4.03. The van der Waals surface area contributed by atoms with Crippen molar-refractivity contribution in [3.8, 4) is 6.07 Å². The summed E-state index contributed by atoms with van der Waals surface area (Å²) in [5, 5.41) is 9.82. The van der Waals surface area contributed by atoms with E-state index in [4.69, 9.17) is 5.73 Å². The Labute approximate surface area is 165 Å². The molecule has 1 atom stereocenters. The van der Waals surface area contributed by atoms with Crippen LogP contribution in [-0.4, -0.2) is 5.78 Å². The van der Waals surface area contributed by atoms with E-state index in [2.05, 4.69) is 0 Å². The largest absolute Gasteiger partial charge is 0.384 e.